The Balaban J connectivity index is 0.00000576. The SMILES string of the molecule is CN=C(NCCC(=O)N(C)C)NCC(C)COCc1ccccc1.I. The van der Waals surface area contributed by atoms with E-state index in [0.717, 1.165) is 6.54 Å². The lowest BCUT2D eigenvalue weighted by Gasteiger charge is -2.17. The van der Waals surface area contributed by atoms with Gasteiger partial charge in [-0.3, -0.25) is 9.79 Å². The van der Waals surface area contributed by atoms with Crippen molar-refractivity contribution >= 4 is 35.8 Å². The first-order valence-corrected chi connectivity index (χ1v) is 8.29. The normalized spacial score (nSPS) is 12.1. The lowest BCUT2D eigenvalue weighted by molar-refractivity contribution is -0.128. The molecule has 6 nitrogen and oxygen atoms in total. The summed E-state index contributed by atoms with van der Waals surface area (Å²) in [5.74, 6) is 1.16. The van der Waals surface area contributed by atoms with Crippen molar-refractivity contribution in [3.05, 3.63) is 35.9 Å². The molecule has 0 saturated carbocycles. The number of halogens is 1. The molecule has 25 heavy (non-hydrogen) atoms. The molecule has 1 aromatic rings. The topological polar surface area (TPSA) is 66.0 Å². The van der Waals surface area contributed by atoms with E-state index < -0.39 is 0 Å². The molecule has 0 fully saturated rings. The lowest BCUT2D eigenvalue weighted by Crippen LogP contribution is -2.41. The van der Waals surface area contributed by atoms with E-state index in [1.807, 2.05) is 18.2 Å². The molecule has 0 heterocycles. The van der Waals surface area contributed by atoms with Crippen molar-refractivity contribution in [3.63, 3.8) is 0 Å². The second-order valence-electron chi connectivity index (χ2n) is 6.02. The molecule has 1 unspecified atom stereocenters. The highest BCUT2D eigenvalue weighted by Crippen LogP contribution is 2.02. The average Bonchev–Trinajstić information content (AvgIpc) is 2.58. The predicted octanol–water partition coefficient (Wildman–Crippen LogP) is 2.10. The maximum atomic E-state index is 11.5. The minimum Gasteiger partial charge on any atom is -0.376 e. The number of guanidine groups is 1. The quantitative estimate of drug-likeness (QED) is 0.335. The van der Waals surface area contributed by atoms with Gasteiger partial charge in [0.1, 0.15) is 0 Å². The molecule has 1 aromatic carbocycles. The largest absolute Gasteiger partial charge is 0.376 e. The van der Waals surface area contributed by atoms with Crippen LogP contribution >= 0.6 is 24.0 Å². The van der Waals surface area contributed by atoms with Gasteiger partial charge in [-0.05, 0) is 11.5 Å². The molecule has 0 spiro atoms. The van der Waals surface area contributed by atoms with Gasteiger partial charge in [0, 0.05) is 40.7 Å². The molecule has 0 radical (unpaired) electrons. The summed E-state index contributed by atoms with van der Waals surface area (Å²) >= 11 is 0. The Bertz CT molecular complexity index is 509. The maximum Gasteiger partial charge on any atom is 0.223 e. The Hall–Kier alpha value is -1.35. The van der Waals surface area contributed by atoms with Crippen molar-refractivity contribution < 1.29 is 9.53 Å². The molecular formula is C18H31IN4O2. The minimum absolute atomic E-state index is 0. The highest BCUT2D eigenvalue weighted by atomic mass is 127. The van der Waals surface area contributed by atoms with Gasteiger partial charge in [0.05, 0.1) is 13.2 Å². The van der Waals surface area contributed by atoms with Crippen LogP contribution in [0.25, 0.3) is 0 Å². The van der Waals surface area contributed by atoms with Crippen molar-refractivity contribution in [2.45, 2.75) is 20.0 Å². The van der Waals surface area contributed by atoms with E-state index in [2.05, 4.69) is 34.7 Å². The lowest BCUT2D eigenvalue weighted by atomic mass is 10.2. The number of rotatable bonds is 9. The Morgan fingerprint density at radius 2 is 1.92 bits per heavy atom. The van der Waals surface area contributed by atoms with Crippen LogP contribution in [0.4, 0.5) is 0 Å². The molecule has 0 saturated heterocycles. The average molecular weight is 462 g/mol. The van der Waals surface area contributed by atoms with Crippen LogP contribution in [-0.4, -0.2) is 57.6 Å². The number of benzene rings is 1. The first kappa shape index (κ1) is 23.6. The minimum atomic E-state index is 0. The van der Waals surface area contributed by atoms with Crippen LogP contribution in [0.15, 0.2) is 35.3 Å². The molecule has 7 heteroatoms. The van der Waals surface area contributed by atoms with Crippen LogP contribution in [0.5, 0.6) is 0 Å². The third kappa shape index (κ3) is 11.0. The van der Waals surface area contributed by atoms with Crippen LogP contribution in [0.3, 0.4) is 0 Å². The number of aliphatic imine (C=N–C) groups is 1. The number of ether oxygens (including phenoxy) is 1. The number of nitrogens with zero attached hydrogens (tertiary/aromatic N) is 2. The van der Waals surface area contributed by atoms with Crippen LogP contribution < -0.4 is 10.6 Å². The summed E-state index contributed by atoms with van der Waals surface area (Å²) in [6.45, 7) is 4.76. The smallest absolute Gasteiger partial charge is 0.223 e. The van der Waals surface area contributed by atoms with Gasteiger partial charge in [-0.2, -0.15) is 0 Å². The summed E-state index contributed by atoms with van der Waals surface area (Å²) < 4.78 is 5.74. The third-order valence-corrected chi connectivity index (χ3v) is 3.49. The van der Waals surface area contributed by atoms with Gasteiger partial charge < -0.3 is 20.3 Å². The number of hydrogen-bond acceptors (Lipinski definition) is 3. The molecule has 0 aromatic heterocycles. The molecule has 1 rings (SSSR count). The second kappa shape index (κ2) is 13.9. The van der Waals surface area contributed by atoms with Gasteiger partial charge in [-0.1, -0.05) is 37.3 Å². The fourth-order valence-corrected chi connectivity index (χ4v) is 2.01. The fourth-order valence-electron chi connectivity index (χ4n) is 2.01. The van der Waals surface area contributed by atoms with Crippen molar-refractivity contribution in [1.82, 2.24) is 15.5 Å². The highest BCUT2D eigenvalue weighted by Gasteiger charge is 2.06. The molecule has 142 valence electrons. The Morgan fingerprint density at radius 3 is 2.52 bits per heavy atom. The van der Waals surface area contributed by atoms with E-state index in [1.54, 1.807) is 26.0 Å². The monoisotopic (exact) mass is 462 g/mol. The molecular weight excluding hydrogens is 431 g/mol. The van der Waals surface area contributed by atoms with Crippen LogP contribution in [0.1, 0.15) is 18.9 Å². The molecule has 0 aliphatic rings. The van der Waals surface area contributed by atoms with Gasteiger partial charge in [0.25, 0.3) is 0 Å². The summed E-state index contributed by atoms with van der Waals surface area (Å²) in [7, 11) is 5.23. The summed E-state index contributed by atoms with van der Waals surface area (Å²) in [4.78, 5) is 17.3. The van der Waals surface area contributed by atoms with E-state index in [9.17, 15) is 4.79 Å². The Kier molecular flexibility index (Phi) is 13.1. The van der Waals surface area contributed by atoms with Gasteiger partial charge in [0.15, 0.2) is 5.96 Å². The van der Waals surface area contributed by atoms with Crippen molar-refractivity contribution in [2.75, 3.05) is 40.8 Å². The number of carbonyl (C=O) groups is 1. The van der Waals surface area contributed by atoms with Crippen molar-refractivity contribution in [3.8, 4) is 0 Å². The summed E-state index contributed by atoms with van der Waals surface area (Å²) in [5, 5.41) is 6.40. The van der Waals surface area contributed by atoms with Gasteiger partial charge >= 0.3 is 0 Å². The van der Waals surface area contributed by atoms with E-state index >= 15 is 0 Å². The highest BCUT2D eigenvalue weighted by molar-refractivity contribution is 14.0. The van der Waals surface area contributed by atoms with Crippen LogP contribution in [-0.2, 0) is 16.1 Å². The summed E-state index contributed by atoms with van der Waals surface area (Å²) in [5.41, 5.74) is 1.18. The molecule has 1 atom stereocenters. The van der Waals surface area contributed by atoms with Gasteiger partial charge in [0.2, 0.25) is 5.91 Å². The Labute approximate surface area is 168 Å². The van der Waals surface area contributed by atoms with E-state index in [-0.39, 0.29) is 29.9 Å². The molecule has 0 aliphatic carbocycles. The molecule has 2 N–H and O–H groups in total. The van der Waals surface area contributed by atoms with E-state index in [4.69, 9.17) is 4.74 Å². The number of nitrogens with one attached hydrogen (secondary N) is 2. The molecule has 1 amide bonds. The summed E-state index contributed by atoms with van der Waals surface area (Å²) in [6, 6.07) is 10.1. The molecule has 0 bridgehead atoms. The second-order valence-corrected chi connectivity index (χ2v) is 6.02. The fraction of sp³-hybridized carbons (Fsp3) is 0.556. The van der Waals surface area contributed by atoms with Crippen molar-refractivity contribution in [1.29, 1.82) is 0 Å². The zero-order chi connectivity index (χ0) is 17.8. The Morgan fingerprint density at radius 1 is 1.24 bits per heavy atom. The van der Waals surface area contributed by atoms with Crippen LogP contribution in [0, 0.1) is 5.92 Å². The zero-order valence-electron chi connectivity index (χ0n) is 15.6. The standard InChI is InChI=1S/C18H30N4O2.HI/c1-15(13-24-14-16-8-6-5-7-9-16)12-21-18(19-2)20-11-10-17(23)22(3)4;/h5-9,15H,10-14H2,1-4H3,(H2,19,20,21);1H. The number of hydrogen-bond donors (Lipinski definition) is 2. The van der Waals surface area contributed by atoms with Gasteiger partial charge in [-0.15, -0.1) is 24.0 Å². The summed E-state index contributed by atoms with van der Waals surface area (Å²) in [6.07, 6.45) is 0.448. The maximum absolute atomic E-state index is 11.5. The number of carbonyl (C=O) groups excluding carboxylic acids is 1. The first-order valence-electron chi connectivity index (χ1n) is 8.29. The molecule has 0 aliphatic heterocycles. The van der Waals surface area contributed by atoms with E-state index in [1.165, 1.54) is 5.56 Å². The van der Waals surface area contributed by atoms with Crippen molar-refractivity contribution in [2.24, 2.45) is 10.9 Å². The van der Waals surface area contributed by atoms with Crippen LogP contribution in [0.2, 0.25) is 0 Å². The predicted molar refractivity (Wildman–Crippen MR) is 113 cm³/mol. The third-order valence-electron chi connectivity index (χ3n) is 3.49. The zero-order valence-corrected chi connectivity index (χ0v) is 17.9. The van der Waals surface area contributed by atoms with E-state index in [0.29, 0.717) is 38.1 Å². The number of amides is 1. The first-order chi connectivity index (χ1) is 11.5. The van der Waals surface area contributed by atoms with Gasteiger partial charge in [-0.25, -0.2) is 0 Å².